The van der Waals surface area contributed by atoms with Crippen LogP contribution in [0.2, 0.25) is 0 Å². The predicted molar refractivity (Wildman–Crippen MR) is 118 cm³/mol. The van der Waals surface area contributed by atoms with Crippen LogP contribution in [0.25, 0.3) is 0 Å². The topological polar surface area (TPSA) is 71.6 Å². The van der Waals surface area contributed by atoms with Crippen LogP contribution in [0.5, 0.6) is 11.5 Å². The van der Waals surface area contributed by atoms with Crippen LogP contribution in [0.1, 0.15) is 5.56 Å². The van der Waals surface area contributed by atoms with E-state index in [1.54, 1.807) is 7.11 Å². The van der Waals surface area contributed by atoms with E-state index in [1.165, 1.54) is 0 Å². The Balaban J connectivity index is 1.58. The van der Waals surface area contributed by atoms with Crippen molar-refractivity contribution < 1.29 is 14.3 Å². The molecule has 0 spiro atoms. The Kier molecular flexibility index (Phi) is 7.49. The summed E-state index contributed by atoms with van der Waals surface area (Å²) in [5, 5.41) is 2.79. The Morgan fingerprint density at radius 1 is 0.966 bits per heavy atom. The van der Waals surface area contributed by atoms with E-state index in [4.69, 9.17) is 9.47 Å². The highest BCUT2D eigenvalue weighted by Crippen LogP contribution is 2.36. The molecule has 1 amide bonds. The smallest absolute Gasteiger partial charge is 0.262 e. The van der Waals surface area contributed by atoms with Crippen LogP contribution in [-0.4, -0.2) is 19.6 Å². The van der Waals surface area contributed by atoms with Crippen LogP contribution in [0.15, 0.2) is 77.3 Å². The first-order valence-electron chi connectivity index (χ1n) is 9.04. The molecule has 0 aromatic heterocycles. The largest absolute Gasteiger partial charge is 0.493 e. The van der Waals surface area contributed by atoms with Gasteiger partial charge in [0.1, 0.15) is 0 Å². The average Bonchev–Trinajstić information content (AvgIpc) is 2.74. The molecule has 0 saturated carbocycles. The summed E-state index contributed by atoms with van der Waals surface area (Å²) in [6.45, 7) is 0.440. The van der Waals surface area contributed by atoms with Crippen molar-refractivity contribution in [1.82, 2.24) is 5.43 Å². The Labute approximate surface area is 178 Å². The zero-order valence-corrected chi connectivity index (χ0v) is 17.5. The van der Waals surface area contributed by atoms with Crippen LogP contribution in [0.3, 0.4) is 0 Å². The number of hydrogen-bond donors (Lipinski definition) is 3. The summed E-state index contributed by atoms with van der Waals surface area (Å²) < 4.78 is 11.9. The van der Waals surface area contributed by atoms with Crippen molar-refractivity contribution in [2.45, 2.75) is 6.54 Å². The molecule has 3 N–H and O–H groups in total. The minimum atomic E-state index is -0.247. The molecule has 0 aliphatic carbocycles. The maximum absolute atomic E-state index is 12.1. The number of amides is 1. The Morgan fingerprint density at radius 3 is 2.28 bits per heavy atom. The lowest BCUT2D eigenvalue weighted by Gasteiger charge is -2.15. The number of anilines is 2. The van der Waals surface area contributed by atoms with Gasteiger partial charge in [-0.2, -0.15) is 0 Å². The van der Waals surface area contributed by atoms with Crippen molar-refractivity contribution in [3.8, 4) is 11.5 Å². The zero-order valence-electron chi connectivity index (χ0n) is 15.9. The van der Waals surface area contributed by atoms with Crippen molar-refractivity contribution in [2.75, 3.05) is 24.5 Å². The van der Waals surface area contributed by atoms with E-state index in [2.05, 4.69) is 32.1 Å². The summed E-state index contributed by atoms with van der Waals surface area (Å²) in [5.74, 6) is 0.779. The van der Waals surface area contributed by atoms with Gasteiger partial charge in [-0.3, -0.25) is 4.79 Å². The number of ether oxygens (including phenoxy) is 2. The highest BCUT2D eigenvalue weighted by atomic mass is 79.9. The molecule has 3 aromatic rings. The second-order valence-corrected chi connectivity index (χ2v) is 7.01. The first kappa shape index (κ1) is 20.7. The molecule has 0 bridgehead atoms. The molecule has 6 nitrogen and oxygen atoms in total. The molecule has 3 rings (SSSR count). The number of carbonyl (C=O) groups excluding carboxylic acids is 1. The second-order valence-electron chi connectivity index (χ2n) is 6.16. The molecule has 0 unspecified atom stereocenters. The van der Waals surface area contributed by atoms with Gasteiger partial charge in [0.2, 0.25) is 0 Å². The molecule has 0 radical (unpaired) electrons. The van der Waals surface area contributed by atoms with Crippen molar-refractivity contribution in [3.05, 3.63) is 82.8 Å². The number of halogens is 1. The van der Waals surface area contributed by atoms with Crippen LogP contribution in [0, 0.1) is 0 Å². The van der Waals surface area contributed by atoms with E-state index >= 15 is 0 Å². The number of nitrogens with one attached hydrogen (secondary N) is 3. The molecule has 0 heterocycles. The molecule has 0 aliphatic rings. The van der Waals surface area contributed by atoms with Crippen LogP contribution >= 0.6 is 15.9 Å². The fraction of sp³-hybridized carbons (Fsp3) is 0.136. The molecule has 0 atom stereocenters. The number of rotatable bonds is 9. The van der Waals surface area contributed by atoms with Crippen LogP contribution < -0.4 is 25.6 Å². The lowest BCUT2D eigenvalue weighted by atomic mass is 10.2. The van der Waals surface area contributed by atoms with E-state index in [-0.39, 0.29) is 12.5 Å². The molecule has 29 heavy (non-hydrogen) atoms. The second kappa shape index (κ2) is 10.5. The van der Waals surface area contributed by atoms with Crippen molar-refractivity contribution in [3.63, 3.8) is 0 Å². The van der Waals surface area contributed by atoms with Gasteiger partial charge in [-0.15, -0.1) is 0 Å². The van der Waals surface area contributed by atoms with E-state index in [1.807, 2.05) is 72.8 Å². The van der Waals surface area contributed by atoms with Gasteiger partial charge in [0.05, 0.1) is 11.6 Å². The quantitative estimate of drug-likeness (QED) is 0.411. The first-order valence-corrected chi connectivity index (χ1v) is 9.83. The molecule has 3 aromatic carbocycles. The number of hydrogen-bond acceptors (Lipinski definition) is 5. The van der Waals surface area contributed by atoms with E-state index in [9.17, 15) is 4.79 Å². The number of methoxy groups -OCH3 is 1. The number of hydrazine groups is 1. The summed E-state index contributed by atoms with van der Waals surface area (Å²) in [6, 6.07) is 22.9. The van der Waals surface area contributed by atoms with E-state index < -0.39 is 0 Å². The molecule has 0 saturated heterocycles. The van der Waals surface area contributed by atoms with Gasteiger partial charge < -0.3 is 20.2 Å². The summed E-state index contributed by atoms with van der Waals surface area (Å²) in [6.07, 6.45) is 0. The Bertz CT molecular complexity index is 937. The number of carbonyl (C=O) groups is 1. The molecule has 0 aliphatic heterocycles. The highest BCUT2D eigenvalue weighted by molar-refractivity contribution is 9.10. The summed E-state index contributed by atoms with van der Waals surface area (Å²) >= 11 is 3.51. The summed E-state index contributed by atoms with van der Waals surface area (Å²) in [7, 11) is 1.57. The molecule has 0 fully saturated rings. The number of para-hydroxylation sites is 2. The SMILES string of the molecule is COc1cc(CNNc2ccccc2)cc(Br)c1OCC(=O)Nc1ccccc1. The minimum Gasteiger partial charge on any atom is -0.493 e. The van der Waals surface area contributed by atoms with Gasteiger partial charge in [-0.1, -0.05) is 36.4 Å². The van der Waals surface area contributed by atoms with Crippen LogP contribution in [-0.2, 0) is 11.3 Å². The van der Waals surface area contributed by atoms with Gasteiger partial charge in [0.25, 0.3) is 5.91 Å². The van der Waals surface area contributed by atoms with Crippen molar-refractivity contribution >= 4 is 33.2 Å². The third-order valence-corrected chi connectivity index (χ3v) is 4.58. The first-order chi connectivity index (χ1) is 14.2. The maximum Gasteiger partial charge on any atom is 0.262 e. The normalized spacial score (nSPS) is 10.3. The zero-order chi connectivity index (χ0) is 20.5. The minimum absolute atomic E-state index is 0.128. The lowest BCUT2D eigenvalue weighted by molar-refractivity contribution is -0.118. The highest BCUT2D eigenvalue weighted by Gasteiger charge is 2.14. The lowest BCUT2D eigenvalue weighted by Crippen LogP contribution is -2.21. The fourth-order valence-electron chi connectivity index (χ4n) is 2.64. The molecular formula is C22H22BrN3O3. The standard InChI is InChI=1S/C22H22BrN3O3/c1-28-20-13-16(14-24-26-18-10-6-3-7-11-18)12-19(23)22(20)29-15-21(27)25-17-8-4-2-5-9-17/h2-13,24,26H,14-15H2,1H3,(H,25,27). The number of benzene rings is 3. The molecular weight excluding hydrogens is 434 g/mol. The van der Waals surface area contributed by atoms with Gasteiger partial charge >= 0.3 is 0 Å². The van der Waals surface area contributed by atoms with Crippen LogP contribution in [0.4, 0.5) is 11.4 Å². The Morgan fingerprint density at radius 2 is 1.62 bits per heavy atom. The third-order valence-electron chi connectivity index (χ3n) is 3.99. The molecule has 150 valence electrons. The van der Waals surface area contributed by atoms with E-state index in [0.717, 1.165) is 16.9 Å². The van der Waals surface area contributed by atoms with Gasteiger partial charge in [0, 0.05) is 17.9 Å². The van der Waals surface area contributed by atoms with Crippen molar-refractivity contribution in [2.24, 2.45) is 0 Å². The molecule has 7 heteroatoms. The van der Waals surface area contributed by atoms with Crippen molar-refractivity contribution in [1.29, 1.82) is 0 Å². The monoisotopic (exact) mass is 455 g/mol. The maximum atomic E-state index is 12.1. The average molecular weight is 456 g/mol. The summed E-state index contributed by atoms with van der Waals surface area (Å²) in [5.41, 5.74) is 8.98. The predicted octanol–water partition coefficient (Wildman–Crippen LogP) is 4.59. The third kappa shape index (κ3) is 6.23. The van der Waals surface area contributed by atoms with Gasteiger partial charge in [-0.05, 0) is 57.9 Å². The van der Waals surface area contributed by atoms with E-state index in [0.29, 0.717) is 22.5 Å². The Hall–Kier alpha value is -3.03. The van der Waals surface area contributed by atoms with Gasteiger partial charge in [0.15, 0.2) is 18.1 Å². The summed E-state index contributed by atoms with van der Waals surface area (Å²) in [4.78, 5) is 12.1. The fourth-order valence-corrected chi connectivity index (χ4v) is 3.25. The van der Waals surface area contributed by atoms with Gasteiger partial charge in [-0.25, -0.2) is 5.43 Å².